The van der Waals surface area contributed by atoms with Gasteiger partial charge in [-0.1, -0.05) is 73.3 Å². The molecule has 276 valence electrons. The standard InChI is InChI=1S/C35H58N6O7S/c1-8-14-24(29(42)31(44)36-17-9-2)37-30(43)28-26-23(35(26,6)7)20-41(28)32(45)27(22-15-11-10-12-16-22)39-33(46)38-25(34(3,4)5)21-40-18-13-19-49(40,47)48/h9,22-28H,2,8,10-21H2,1,3-7H3,(H,36,44)(H,37,43)(H2,38,39,46)/t23-,24?,25+,26?,27-,28-/m0/s1. The Labute approximate surface area is 292 Å². The highest BCUT2D eigenvalue weighted by molar-refractivity contribution is 7.89. The average molecular weight is 707 g/mol. The number of Topliss-reactive ketones (excluding diaryl/α,β-unsaturated/α-hetero) is 1. The average Bonchev–Trinajstić information content (AvgIpc) is 3.33. The van der Waals surface area contributed by atoms with E-state index in [2.05, 4.69) is 41.7 Å². The minimum Gasteiger partial charge on any atom is -0.346 e. The molecule has 5 amide bonds. The molecule has 2 aliphatic carbocycles. The van der Waals surface area contributed by atoms with E-state index in [1.165, 1.54) is 10.4 Å². The Morgan fingerprint density at radius 2 is 1.67 bits per heavy atom. The van der Waals surface area contributed by atoms with Crippen LogP contribution in [0.15, 0.2) is 12.7 Å². The van der Waals surface area contributed by atoms with Crippen molar-refractivity contribution in [2.24, 2.45) is 28.6 Å². The number of piperidine rings is 1. The second-order valence-corrected chi connectivity index (χ2v) is 18.1. The van der Waals surface area contributed by atoms with Crippen LogP contribution in [0.4, 0.5) is 4.79 Å². The summed E-state index contributed by atoms with van der Waals surface area (Å²) in [5, 5.41) is 11.3. The molecule has 0 bridgehead atoms. The molecule has 2 heterocycles. The predicted octanol–water partition coefficient (Wildman–Crippen LogP) is 2.32. The third-order valence-corrected chi connectivity index (χ3v) is 13.1. The van der Waals surface area contributed by atoms with Crippen molar-refractivity contribution in [3.63, 3.8) is 0 Å². The number of nitrogens with one attached hydrogen (secondary N) is 4. The summed E-state index contributed by atoms with van der Waals surface area (Å²) in [5.41, 5.74) is -0.662. The van der Waals surface area contributed by atoms with E-state index in [0.29, 0.717) is 25.9 Å². The van der Waals surface area contributed by atoms with Gasteiger partial charge in [0.1, 0.15) is 12.1 Å². The van der Waals surface area contributed by atoms with Crippen LogP contribution in [0.1, 0.15) is 92.9 Å². The van der Waals surface area contributed by atoms with Crippen LogP contribution in [0.2, 0.25) is 0 Å². The maximum absolute atomic E-state index is 14.6. The van der Waals surface area contributed by atoms with Crippen LogP contribution in [0.25, 0.3) is 0 Å². The van der Waals surface area contributed by atoms with Crippen molar-refractivity contribution in [1.82, 2.24) is 30.5 Å². The first-order valence-electron chi connectivity index (χ1n) is 18.0. The smallest absolute Gasteiger partial charge is 0.315 e. The van der Waals surface area contributed by atoms with Crippen LogP contribution in [-0.2, 0) is 29.2 Å². The molecule has 2 aliphatic heterocycles. The minimum absolute atomic E-state index is 0.0805. The number of likely N-dealkylation sites (tertiary alicyclic amines) is 1. The van der Waals surface area contributed by atoms with Crippen LogP contribution in [0, 0.1) is 28.6 Å². The fourth-order valence-corrected chi connectivity index (χ4v) is 9.58. The van der Waals surface area contributed by atoms with Crippen molar-refractivity contribution < 1.29 is 32.4 Å². The Bertz CT molecular complexity index is 1390. The lowest BCUT2D eigenvalue weighted by Gasteiger charge is -2.38. The summed E-state index contributed by atoms with van der Waals surface area (Å²) in [7, 11) is -3.38. The number of fused-ring (bicyclic) bond motifs is 1. The third-order valence-electron chi connectivity index (χ3n) is 11.2. The lowest BCUT2D eigenvalue weighted by molar-refractivity contribution is -0.144. The highest BCUT2D eigenvalue weighted by Gasteiger charge is 2.69. The van der Waals surface area contributed by atoms with Crippen LogP contribution >= 0.6 is 0 Å². The molecule has 0 radical (unpaired) electrons. The number of ketones is 1. The molecule has 0 spiro atoms. The van der Waals surface area contributed by atoms with E-state index in [-0.39, 0.29) is 54.3 Å². The van der Waals surface area contributed by atoms with E-state index in [0.717, 1.165) is 32.1 Å². The molecular weight excluding hydrogens is 648 g/mol. The van der Waals surface area contributed by atoms with Gasteiger partial charge in [-0.15, -0.1) is 6.58 Å². The Kier molecular flexibility index (Phi) is 12.3. The molecular formula is C35H58N6O7S. The Morgan fingerprint density at radius 3 is 2.24 bits per heavy atom. The summed E-state index contributed by atoms with van der Waals surface area (Å²) in [4.78, 5) is 69.4. The van der Waals surface area contributed by atoms with Gasteiger partial charge in [0.2, 0.25) is 27.6 Å². The van der Waals surface area contributed by atoms with Crippen LogP contribution < -0.4 is 21.3 Å². The zero-order valence-corrected chi connectivity index (χ0v) is 31.0. The zero-order chi connectivity index (χ0) is 36.3. The molecule has 6 atom stereocenters. The number of nitrogens with zero attached hydrogens (tertiary/aromatic N) is 2. The van der Waals surface area contributed by atoms with E-state index >= 15 is 0 Å². The quantitative estimate of drug-likeness (QED) is 0.158. The molecule has 0 aromatic carbocycles. The Morgan fingerprint density at radius 1 is 1.00 bits per heavy atom. The van der Waals surface area contributed by atoms with Crippen molar-refractivity contribution in [1.29, 1.82) is 0 Å². The number of carbonyl (C=O) groups is 5. The SMILES string of the molecule is C=CCNC(=O)C(=O)C(CCC)NC(=O)[C@@H]1C2[C@H](CN1C(=O)[C@@H](NC(=O)N[C@H](CN1CCCS1(=O)=O)C(C)(C)C)C1CCCCC1)C2(C)C. The predicted molar refractivity (Wildman–Crippen MR) is 187 cm³/mol. The van der Waals surface area contributed by atoms with Crippen molar-refractivity contribution in [3.05, 3.63) is 12.7 Å². The second-order valence-electron chi connectivity index (χ2n) is 16.0. The summed E-state index contributed by atoms with van der Waals surface area (Å²) < 4.78 is 26.6. The summed E-state index contributed by atoms with van der Waals surface area (Å²) in [6.07, 6.45) is 7.22. The van der Waals surface area contributed by atoms with E-state index < -0.39 is 63.2 Å². The highest BCUT2D eigenvalue weighted by Crippen LogP contribution is 2.65. The number of rotatable bonds is 14. The van der Waals surface area contributed by atoms with Gasteiger partial charge in [-0.2, -0.15) is 4.31 Å². The van der Waals surface area contributed by atoms with E-state index in [1.807, 2.05) is 27.7 Å². The molecule has 2 unspecified atom stereocenters. The summed E-state index contributed by atoms with van der Waals surface area (Å²) in [6.45, 7) is 16.4. The van der Waals surface area contributed by atoms with Gasteiger partial charge in [-0.05, 0) is 54.3 Å². The summed E-state index contributed by atoms with van der Waals surface area (Å²) >= 11 is 0. The lowest BCUT2D eigenvalue weighted by atomic mass is 9.83. The van der Waals surface area contributed by atoms with Crippen molar-refractivity contribution in [2.75, 3.05) is 31.9 Å². The first-order valence-corrected chi connectivity index (χ1v) is 19.6. The summed E-state index contributed by atoms with van der Waals surface area (Å²) in [6, 6.07) is -3.84. The fraction of sp³-hybridized carbons (Fsp3) is 0.800. The number of urea groups is 1. The normalized spacial score (nSPS) is 26.5. The largest absolute Gasteiger partial charge is 0.346 e. The van der Waals surface area contributed by atoms with Gasteiger partial charge in [0, 0.05) is 32.2 Å². The monoisotopic (exact) mass is 706 g/mol. The maximum atomic E-state index is 14.6. The molecule has 2 saturated carbocycles. The number of carbonyl (C=O) groups excluding carboxylic acids is 5. The molecule has 4 fully saturated rings. The summed E-state index contributed by atoms with van der Waals surface area (Å²) in [5.74, 6) is -2.43. The maximum Gasteiger partial charge on any atom is 0.315 e. The molecule has 4 aliphatic rings. The van der Waals surface area contributed by atoms with Gasteiger partial charge in [0.05, 0.1) is 11.8 Å². The van der Waals surface area contributed by atoms with Gasteiger partial charge in [-0.3, -0.25) is 19.2 Å². The van der Waals surface area contributed by atoms with Crippen molar-refractivity contribution in [2.45, 2.75) is 117 Å². The van der Waals surface area contributed by atoms with Gasteiger partial charge in [0.15, 0.2) is 0 Å². The molecule has 2 saturated heterocycles. The first kappa shape index (κ1) is 38.8. The van der Waals surface area contributed by atoms with E-state index in [9.17, 15) is 32.4 Å². The lowest BCUT2D eigenvalue weighted by Crippen LogP contribution is -2.61. The fourth-order valence-electron chi connectivity index (χ4n) is 8.04. The number of hydrogen-bond acceptors (Lipinski definition) is 7. The van der Waals surface area contributed by atoms with E-state index in [1.54, 1.807) is 4.90 Å². The zero-order valence-electron chi connectivity index (χ0n) is 30.2. The Hall–Kier alpha value is -3.00. The van der Waals surface area contributed by atoms with Gasteiger partial charge in [-0.25, -0.2) is 13.2 Å². The van der Waals surface area contributed by atoms with Crippen molar-refractivity contribution in [3.8, 4) is 0 Å². The third kappa shape index (κ3) is 8.84. The molecule has 4 N–H and O–H groups in total. The second kappa shape index (κ2) is 15.5. The highest BCUT2D eigenvalue weighted by atomic mass is 32.2. The van der Waals surface area contributed by atoms with Crippen LogP contribution in [-0.4, -0.2) is 103 Å². The molecule has 13 nitrogen and oxygen atoms in total. The molecule has 0 aromatic heterocycles. The first-order chi connectivity index (χ1) is 22.9. The van der Waals surface area contributed by atoms with Gasteiger partial charge < -0.3 is 26.2 Å². The topological polar surface area (TPSA) is 174 Å². The molecule has 4 rings (SSSR count). The number of hydrogen-bond donors (Lipinski definition) is 4. The Balaban J connectivity index is 1.55. The van der Waals surface area contributed by atoms with Crippen molar-refractivity contribution >= 4 is 39.6 Å². The van der Waals surface area contributed by atoms with E-state index in [4.69, 9.17) is 0 Å². The molecule has 49 heavy (non-hydrogen) atoms. The van der Waals surface area contributed by atoms with Crippen LogP contribution in [0.5, 0.6) is 0 Å². The number of sulfonamides is 1. The van der Waals surface area contributed by atoms with Gasteiger partial charge in [0.25, 0.3) is 5.91 Å². The van der Waals surface area contributed by atoms with Gasteiger partial charge >= 0.3 is 6.03 Å². The molecule has 0 aromatic rings. The molecule has 14 heteroatoms. The number of amides is 5. The van der Waals surface area contributed by atoms with Crippen LogP contribution in [0.3, 0.4) is 0 Å². The minimum atomic E-state index is -3.38.